The Balaban J connectivity index is 1.86. The van der Waals surface area contributed by atoms with E-state index in [9.17, 15) is 13.2 Å². The molecule has 2 aliphatic rings. The normalized spacial score (nSPS) is 24.2. The minimum Gasteiger partial charge on any atom is -0.337 e. The first-order valence-corrected chi connectivity index (χ1v) is 8.95. The number of hydrogen-bond donors (Lipinski definition) is 0. The molecule has 1 amide bonds. The number of piperazine rings is 1. The van der Waals surface area contributed by atoms with Crippen LogP contribution in [0.1, 0.15) is 18.5 Å². The maximum atomic E-state index is 12.6. The van der Waals surface area contributed by atoms with Crippen LogP contribution in [0.25, 0.3) is 0 Å². The lowest BCUT2D eigenvalue weighted by molar-refractivity contribution is -0.130. The Labute approximate surface area is 126 Å². The van der Waals surface area contributed by atoms with E-state index < -0.39 is 10.0 Å². The van der Waals surface area contributed by atoms with Gasteiger partial charge in [0, 0.05) is 32.1 Å². The molecule has 0 saturated carbocycles. The van der Waals surface area contributed by atoms with Gasteiger partial charge in [-0.05, 0) is 13.3 Å². The van der Waals surface area contributed by atoms with Crippen molar-refractivity contribution < 1.29 is 13.2 Å². The molecule has 1 aromatic rings. The SMILES string of the molecule is Cc1nc(Cl)sc1S(=O)(=O)N1CCN2C(=O)CCC2C1. The zero-order valence-electron chi connectivity index (χ0n) is 10.9. The molecule has 0 N–H and O–H groups in total. The summed E-state index contributed by atoms with van der Waals surface area (Å²) < 4.78 is 27.1. The Morgan fingerprint density at radius 2 is 2.15 bits per heavy atom. The van der Waals surface area contributed by atoms with Gasteiger partial charge in [0.15, 0.2) is 8.68 Å². The van der Waals surface area contributed by atoms with Gasteiger partial charge < -0.3 is 4.90 Å². The average Bonchev–Trinajstić information content (AvgIpc) is 2.93. The Kier molecular flexibility index (Phi) is 3.52. The van der Waals surface area contributed by atoms with Crippen LogP contribution >= 0.6 is 22.9 Å². The highest BCUT2D eigenvalue weighted by atomic mass is 35.5. The summed E-state index contributed by atoms with van der Waals surface area (Å²) in [6.07, 6.45) is 1.25. The number of sulfonamides is 1. The molecule has 2 fully saturated rings. The first-order valence-electron chi connectivity index (χ1n) is 6.32. The fourth-order valence-corrected chi connectivity index (χ4v) is 6.10. The predicted molar refractivity (Wildman–Crippen MR) is 75.4 cm³/mol. The molecule has 0 aromatic carbocycles. The molecule has 1 aromatic heterocycles. The van der Waals surface area contributed by atoms with Gasteiger partial charge in [0.1, 0.15) is 0 Å². The zero-order valence-corrected chi connectivity index (χ0v) is 13.3. The minimum absolute atomic E-state index is 0.00900. The average molecular weight is 336 g/mol. The highest BCUT2D eigenvalue weighted by Crippen LogP contribution is 2.32. The van der Waals surface area contributed by atoms with Gasteiger partial charge in [-0.15, -0.1) is 0 Å². The summed E-state index contributed by atoms with van der Waals surface area (Å²) in [5, 5.41) is 0. The molecule has 2 saturated heterocycles. The third-order valence-corrected chi connectivity index (χ3v) is 7.47. The van der Waals surface area contributed by atoms with Crippen LogP contribution in [-0.4, -0.2) is 54.2 Å². The van der Waals surface area contributed by atoms with E-state index in [4.69, 9.17) is 11.6 Å². The fourth-order valence-electron chi connectivity index (χ4n) is 2.76. The van der Waals surface area contributed by atoms with Gasteiger partial charge >= 0.3 is 0 Å². The second-order valence-electron chi connectivity index (χ2n) is 4.98. The van der Waals surface area contributed by atoms with Crippen LogP contribution in [-0.2, 0) is 14.8 Å². The number of carbonyl (C=O) groups is 1. The standard InChI is InChI=1S/C11H14ClN3O3S2/c1-7-10(19-11(12)13-7)20(17,18)14-4-5-15-8(6-14)2-3-9(15)16/h8H,2-6H2,1H3. The number of carbonyl (C=O) groups excluding carboxylic acids is 1. The summed E-state index contributed by atoms with van der Waals surface area (Å²) in [7, 11) is -3.56. The van der Waals surface area contributed by atoms with Crippen LogP contribution < -0.4 is 0 Å². The van der Waals surface area contributed by atoms with E-state index in [2.05, 4.69) is 4.98 Å². The van der Waals surface area contributed by atoms with E-state index in [0.717, 1.165) is 17.8 Å². The molecule has 0 aliphatic carbocycles. The van der Waals surface area contributed by atoms with E-state index >= 15 is 0 Å². The predicted octanol–water partition coefficient (Wildman–Crippen LogP) is 1.10. The van der Waals surface area contributed by atoms with Crippen molar-refractivity contribution in [3.05, 3.63) is 10.2 Å². The summed E-state index contributed by atoms with van der Waals surface area (Å²) in [6.45, 7) is 2.81. The quantitative estimate of drug-likeness (QED) is 0.811. The molecule has 2 aliphatic heterocycles. The second kappa shape index (κ2) is 4.94. The van der Waals surface area contributed by atoms with Crippen molar-refractivity contribution >= 4 is 38.9 Å². The van der Waals surface area contributed by atoms with Crippen molar-refractivity contribution in [2.24, 2.45) is 0 Å². The largest absolute Gasteiger partial charge is 0.337 e. The van der Waals surface area contributed by atoms with Crippen LogP contribution in [0.4, 0.5) is 0 Å². The number of amides is 1. The van der Waals surface area contributed by atoms with E-state index in [1.54, 1.807) is 11.8 Å². The Hall–Kier alpha value is -0.700. The van der Waals surface area contributed by atoms with Crippen molar-refractivity contribution in [3.63, 3.8) is 0 Å². The fraction of sp³-hybridized carbons (Fsp3) is 0.636. The van der Waals surface area contributed by atoms with Gasteiger partial charge in [0.05, 0.1) is 5.69 Å². The van der Waals surface area contributed by atoms with Crippen molar-refractivity contribution in [2.45, 2.75) is 30.0 Å². The number of aromatic nitrogens is 1. The summed E-state index contributed by atoms with van der Waals surface area (Å²) in [4.78, 5) is 17.4. The number of fused-ring (bicyclic) bond motifs is 1. The summed E-state index contributed by atoms with van der Waals surface area (Å²) in [5.74, 6) is 0.129. The molecule has 9 heteroatoms. The number of aryl methyl sites for hydroxylation is 1. The number of rotatable bonds is 2. The lowest BCUT2D eigenvalue weighted by Gasteiger charge is -2.36. The molecular weight excluding hydrogens is 322 g/mol. The maximum Gasteiger partial charge on any atom is 0.254 e. The molecule has 3 heterocycles. The number of thiazole rings is 1. The van der Waals surface area contributed by atoms with Gasteiger partial charge in [0.25, 0.3) is 10.0 Å². The van der Waals surface area contributed by atoms with Gasteiger partial charge in [-0.25, -0.2) is 13.4 Å². The summed E-state index contributed by atoms with van der Waals surface area (Å²) in [5.41, 5.74) is 0.435. The molecule has 20 heavy (non-hydrogen) atoms. The van der Waals surface area contributed by atoms with Crippen molar-refractivity contribution in [1.29, 1.82) is 0 Å². The smallest absolute Gasteiger partial charge is 0.254 e. The molecule has 0 spiro atoms. The highest BCUT2D eigenvalue weighted by Gasteiger charge is 2.40. The van der Waals surface area contributed by atoms with Crippen molar-refractivity contribution in [1.82, 2.24) is 14.2 Å². The first kappa shape index (κ1) is 14.2. The van der Waals surface area contributed by atoms with Crippen molar-refractivity contribution in [3.8, 4) is 0 Å². The third-order valence-electron chi connectivity index (χ3n) is 3.76. The number of halogens is 1. The molecule has 0 radical (unpaired) electrons. The van der Waals surface area contributed by atoms with Crippen LogP contribution in [0.15, 0.2) is 4.21 Å². The van der Waals surface area contributed by atoms with Gasteiger partial charge in [-0.3, -0.25) is 4.79 Å². The van der Waals surface area contributed by atoms with Gasteiger partial charge in [-0.2, -0.15) is 4.31 Å². The van der Waals surface area contributed by atoms with Crippen LogP contribution in [0.5, 0.6) is 0 Å². The topological polar surface area (TPSA) is 70.6 Å². The lowest BCUT2D eigenvalue weighted by Crippen LogP contribution is -2.53. The summed E-state index contributed by atoms with van der Waals surface area (Å²) >= 11 is 6.78. The maximum absolute atomic E-state index is 12.6. The molecule has 0 bridgehead atoms. The molecule has 6 nitrogen and oxygen atoms in total. The van der Waals surface area contributed by atoms with Crippen LogP contribution in [0, 0.1) is 6.92 Å². The molecule has 110 valence electrons. The molecule has 3 rings (SSSR count). The first-order chi connectivity index (χ1) is 9.39. The Morgan fingerprint density at radius 1 is 1.40 bits per heavy atom. The van der Waals surface area contributed by atoms with E-state index in [0.29, 0.717) is 31.7 Å². The lowest BCUT2D eigenvalue weighted by atomic mass is 10.2. The van der Waals surface area contributed by atoms with Gasteiger partial charge in [0.2, 0.25) is 5.91 Å². The second-order valence-corrected chi connectivity index (χ2v) is 8.70. The third kappa shape index (κ3) is 2.24. The Morgan fingerprint density at radius 3 is 2.80 bits per heavy atom. The molecule has 1 unspecified atom stereocenters. The number of nitrogens with zero attached hydrogens (tertiary/aromatic N) is 3. The Bertz CT molecular complexity index is 658. The molecule has 1 atom stereocenters. The van der Waals surface area contributed by atoms with Gasteiger partial charge in [-0.1, -0.05) is 22.9 Å². The number of hydrogen-bond acceptors (Lipinski definition) is 5. The molecular formula is C11H14ClN3O3S2. The summed E-state index contributed by atoms with van der Waals surface area (Å²) in [6, 6.07) is 0.00900. The van der Waals surface area contributed by atoms with E-state index in [-0.39, 0.29) is 20.6 Å². The van der Waals surface area contributed by atoms with Crippen molar-refractivity contribution in [2.75, 3.05) is 19.6 Å². The van der Waals surface area contributed by atoms with E-state index in [1.165, 1.54) is 4.31 Å². The monoisotopic (exact) mass is 335 g/mol. The minimum atomic E-state index is -3.56. The van der Waals surface area contributed by atoms with Crippen LogP contribution in [0.2, 0.25) is 4.47 Å². The van der Waals surface area contributed by atoms with E-state index in [1.807, 2.05) is 0 Å². The zero-order chi connectivity index (χ0) is 14.5. The van der Waals surface area contributed by atoms with Crippen LogP contribution in [0.3, 0.4) is 0 Å². The highest BCUT2D eigenvalue weighted by molar-refractivity contribution is 7.91.